The average molecular weight is 380 g/mol. The number of piperazine rings is 1. The van der Waals surface area contributed by atoms with Gasteiger partial charge in [-0.1, -0.05) is 0 Å². The number of benzene rings is 1. The summed E-state index contributed by atoms with van der Waals surface area (Å²) in [6.45, 7) is 4.12. The van der Waals surface area contributed by atoms with E-state index < -0.39 is 0 Å². The van der Waals surface area contributed by atoms with Gasteiger partial charge in [-0.25, -0.2) is 4.98 Å². The summed E-state index contributed by atoms with van der Waals surface area (Å²) >= 11 is 1.51. The van der Waals surface area contributed by atoms with Crippen molar-refractivity contribution in [1.29, 1.82) is 0 Å². The minimum Gasteiger partial charge on any atom is -0.397 e. The molecule has 0 spiro atoms. The predicted molar refractivity (Wildman–Crippen MR) is 112 cm³/mol. The van der Waals surface area contributed by atoms with Gasteiger partial charge in [-0.3, -0.25) is 4.79 Å². The first-order valence-corrected chi connectivity index (χ1v) is 9.81. The third kappa shape index (κ3) is 2.68. The van der Waals surface area contributed by atoms with Gasteiger partial charge in [0, 0.05) is 31.9 Å². The monoisotopic (exact) mass is 380 g/mol. The quantitative estimate of drug-likeness (QED) is 0.497. The number of nitrogen functional groups attached to an aromatic ring is 1. The number of likely N-dealkylation sites (N-methyl/N-ethyl adjacent to an activating group) is 1. The number of hydrogen-bond donors (Lipinski definition) is 3. The molecule has 1 saturated heterocycles. The van der Waals surface area contributed by atoms with E-state index >= 15 is 0 Å². The van der Waals surface area contributed by atoms with E-state index in [0.717, 1.165) is 47.4 Å². The van der Waals surface area contributed by atoms with E-state index in [1.807, 2.05) is 17.5 Å². The zero-order valence-electron chi connectivity index (χ0n) is 15.0. The number of H-pyrrole nitrogens is 2. The first-order chi connectivity index (χ1) is 13.1. The molecule has 0 atom stereocenters. The number of hydrogen-bond acceptors (Lipinski definition) is 6. The molecule has 0 amide bonds. The molecular weight excluding hydrogens is 360 g/mol. The zero-order valence-corrected chi connectivity index (χ0v) is 15.8. The average Bonchev–Trinajstić information content (AvgIpc) is 3.28. The van der Waals surface area contributed by atoms with Crippen LogP contribution in [0, 0.1) is 0 Å². The number of rotatable bonds is 2. The third-order valence-electron chi connectivity index (χ3n) is 5.23. The van der Waals surface area contributed by atoms with Crippen molar-refractivity contribution in [2.45, 2.75) is 0 Å². The Bertz CT molecular complexity index is 1200. The third-order valence-corrected chi connectivity index (χ3v) is 6.17. The SMILES string of the molecule is CN1CCN(c2ccc3nc(-c4c(N)c5sccc5[nH]c4=O)[nH]c3c2)CC1. The van der Waals surface area contributed by atoms with Crippen molar-refractivity contribution in [3.63, 3.8) is 0 Å². The number of nitrogens with zero attached hydrogens (tertiary/aromatic N) is 3. The van der Waals surface area contributed by atoms with Crippen LogP contribution < -0.4 is 16.2 Å². The first kappa shape index (κ1) is 16.3. The molecule has 1 aliphatic rings. The molecule has 8 heteroatoms. The summed E-state index contributed by atoms with van der Waals surface area (Å²) in [5, 5.41) is 1.92. The number of fused-ring (bicyclic) bond motifs is 2. The summed E-state index contributed by atoms with van der Waals surface area (Å²) in [6, 6.07) is 8.05. The number of imidazole rings is 1. The molecule has 27 heavy (non-hydrogen) atoms. The lowest BCUT2D eigenvalue weighted by Gasteiger charge is -2.34. The van der Waals surface area contributed by atoms with Gasteiger partial charge in [0.2, 0.25) is 0 Å². The van der Waals surface area contributed by atoms with Gasteiger partial charge in [0.15, 0.2) is 0 Å². The van der Waals surface area contributed by atoms with Crippen LogP contribution >= 0.6 is 11.3 Å². The van der Waals surface area contributed by atoms with E-state index in [1.165, 1.54) is 17.0 Å². The van der Waals surface area contributed by atoms with Gasteiger partial charge in [0.1, 0.15) is 11.4 Å². The van der Waals surface area contributed by atoms with E-state index in [2.05, 4.69) is 43.9 Å². The number of nitrogens with one attached hydrogen (secondary N) is 2. The summed E-state index contributed by atoms with van der Waals surface area (Å²) in [5.74, 6) is 0.509. The molecule has 0 bridgehead atoms. The van der Waals surface area contributed by atoms with Gasteiger partial charge < -0.3 is 25.5 Å². The van der Waals surface area contributed by atoms with E-state index in [4.69, 9.17) is 5.73 Å². The van der Waals surface area contributed by atoms with Crippen LogP contribution in [0.3, 0.4) is 0 Å². The Balaban J connectivity index is 1.58. The molecule has 7 nitrogen and oxygen atoms in total. The molecule has 138 valence electrons. The van der Waals surface area contributed by atoms with Crippen LogP contribution in [-0.4, -0.2) is 53.1 Å². The second-order valence-corrected chi connectivity index (χ2v) is 7.90. The summed E-state index contributed by atoms with van der Waals surface area (Å²) in [4.78, 5) is 28.1. The van der Waals surface area contributed by atoms with Crippen LogP contribution in [0.15, 0.2) is 34.4 Å². The molecular formula is C19H20N6OS. The van der Waals surface area contributed by atoms with Crippen LogP contribution in [0.2, 0.25) is 0 Å². The topological polar surface area (TPSA) is 94.0 Å². The zero-order chi connectivity index (χ0) is 18.5. The smallest absolute Gasteiger partial charge is 0.261 e. The molecule has 1 fully saturated rings. The fourth-order valence-corrected chi connectivity index (χ4v) is 4.46. The molecule has 4 heterocycles. The summed E-state index contributed by atoms with van der Waals surface area (Å²) in [5.41, 5.74) is 10.6. The second kappa shape index (κ2) is 6.11. The number of pyridine rings is 1. The van der Waals surface area contributed by atoms with Crippen molar-refractivity contribution in [2.24, 2.45) is 0 Å². The van der Waals surface area contributed by atoms with E-state index in [1.54, 1.807) is 0 Å². The minimum absolute atomic E-state index is 0.225. The predicted octanol–water partition coefficient (Wildman–Crippen LogP) is 2.47. The molecule has 1 aliphatic heterocycles. The lowest BCUT2D eigenvalue weighted by molar-refractivity contribution is 0.313. The molecule has 0 aliphatic carbocycles. The van der Waals surface area contributed by atoms with Gasteiger partial charge in [-0.05, 0) is 36.7 Å². The Morgan fingerprint density at radius 2 is 1.93 bits per heavy atom. The van der Waals surface area contributed by atoms with Crippen LogP contribution in [-0.2, 0) is 0 Å². The lowest BCUT2D eigenvalue weighted by atomic mass is 10.2. The number of aromatic nitrogens is 3. The molecule has 5 rings (SSSR count). The number of nitrogens with two attached hydrogens (primary N) is 1. The molecule has 3 aromatic heterocycles. The van der Waals surface area contributed by atoms with Crippen molar-refractivity contribution < 1.29 is 0 Å². The molecule has 0 radical (unpaired) electrons. The number of anilines is 2. The van der Waals surface area contributed by atoms with E-state index in [-0.39, 0.29) is 5.56 Å². The lowest BCUT2D eigenvalue weighted by Crippen LogP contribution is -2.44. The van der Waals surface area contributed by atoms with Gasteiger partial charge in [-0.15, -0.1) is 11.3 Å². The van der Waals surface area contributed by atoms with Gasteiger partial charge in [-0.2, -0.15) is 0 Å². The van der Waals surface area contributed by atoms with Gasteiger partial charge >= 0.3 is 0 Å². The van der Waals surface area contributed by atoms with Crippen LogP contribution in [0.5, 0.6) is 0 Å². The minimum atomic E-state index is -0.225. The summed E-state index contributed by atoms with van der Waals surface area (Å²) in [6.07, 6.45) is 0. The van der Waals surface area contributed by atoms with Gasteiger partial charge in [0.25, 0.3) is 5.56 Å². The highest BCUT2D eigenvalue weighted by molar-refractivity contribution is 7.17. The van der Waals surface area contributed by atoms with Crippen molar-refractivity contribution in [3.8, 4) is 11.4 Å². The molecule has 0 saturated carbocycles. The molecule has 1 aromatic carbocycles. The molecule has 4 N–H and O–H groups in total. The molecule has 0 unspecified atom stereocenters. The Morgan fingerprint density at radius 3 is 2.74 bits per heavy atom. The highest BCUT2D eigenvalue weighted by Gasteiger charge is 2.18. The first-order valence-electron chi connectivity index (χ1n) is 8.93. The maximum atomic E-state index is 12.6. The maximum absolute atomic E-state index is 12.6. The van der Waals surface area contributed by atoms with E-state index in [9.17, 15) is 4.79 Å². The number of thiophene rings is 1. The Morgan fingerprint density at radius 1 is 1.11 bits per heavy atom. The van der Waals surface area contributed by atoms with Crippen molar-refractivity contribution in [2.75, 3.05) is 43.9 Å². The second-order valence-electron chi connectivity index (χ2n) is 6.98. The highest BCUT2D eigenvalue weighted by Crippen LogP contribution is 2.32. The Hall–Kier alpha value is -2.84. The largest absolute Gasteiger partial charge is 0.397 e. The Kier molecular flexibility index (Phi) is 3.70. The van der Waals surface area contributed by atoms with Crippen LogP contribution in [0.25, 0.3) is 32.6 Å². The molecule has 4 aromatic rings. The summed E-state index contributed by atoms with van der Waals surface area (Å²) in [7, 11) is 2.15. The van der Waals surface area contributed by atoms with E-state index in [0.29, 0.717) is 17.1 Å². The van der Waals surface area contributed by atoms with Crippen molar-refractivity contribution in [3.05, 3.63) is 40.0 Å². The highest BCUT2D eigenvalue weighted by atomic mass is 32.1. The van der Waals surface area contributed by atoms with Crippen LogP contribution in [0.4, 0.5) is 11.4 Å². The maximum Gasteiger partial charge on any atom is 0.261 e. The van der Waals surface area contributed by atoms with Crippen molar-refractivity contribution in [1.82, 2.24) is 19.9 Å². The Labute approximate surface area is 159 Å². The van der Waals surface area contributed by atoms with Gasteiger partial charge in [0.05, 0.1) is 26.9 Å². The standard InChI is InChI=1S/C19H20N6OS/c1-24-5-7-25(8-6-24)11-2-3-12-14(10-11)22-18(21-12)15-16(20)17-13(4-9-27-17)23-19(15)26/h2-4,9-10H,5-8H2,1H3,(H,21,22)(H3,20,23,26). The van der Waals surface area contributed by atoms with Crippen molar-refractivity contribution >= 4 is 44.0 Å². The fraction of sp³-hybridized carbons (Fsp3) is 0.263. The number of aromatic amines is 2. The summed E-state index contributed by atoms with van der Waals surface area (Å²) < 4.78 is 0.878. The fourth-order valence-electron chi connectivity index (χ4n) is 3.65. The van der Waals surface area contributed by atoms with Crippen LogP contribution in [0.1, 0.15) is 0 Å². The normalized spacial score (nSPS) is 15.8.